The number of halogens is 1. The lowest BCUT2D eigenvalue weighted by atomic mass is 9.97. The normalized spacial score (nSPS) is 13.5. The lowest BCUT2D eigenvalue weighted by Crippen LogP contribution is -2.20. The Morgan fingerprint density at radius 1 is 1.21 bits per heavy atom. The molecule has 0 unspecified atom stereocenters. The summed E-state index contributed by atoms with van der Waals surface area (Å²) in [6, 6.07) is 3.28. The molecule has 4 rings (SSSR count). The molecule has 0 fully saturated rings. The van der Waals surface area contributed by atoms with Gasteiger partial charge in [0.1, 0.15) is 27.1 Å². The number of aliphatic imine (C=N–C) groups is 1. The summed E-state index contributed by atoms with van der Waals surface area (Å²) in [5, 5.41) is 8.08. The van der Waals surface area contributed by atoms with Gasteiger partial charge in [0, 0.05) is 11.3 Å². The van der Waals surface area contributed by atoms with Crippen LogP contribution in [0.1, 0.15) is 37.6 Å². The molecule has 0 aliphatic carbocycles. The molecule has 33 heavy (non-hydrogen) atoms. The zero-order valence-electron chi connectivity index (χ0n) is 18.3. The predicted octanol–water partition coefficient (Wildman–Crippen LogP) is 4.45. The van der Waals surface area contributed by atoms with E-state index in [-0.39, 0.29) is 20.7 Å². The quantitative estimate of drug-likeness (QED) is 0.507. The highest BCUT2D eigenvalue weighted by atomic mass is 35.5. The molecule has 9 nitrogen and oxygen atoms in total. The first kappa shape index (κ1) is 23.3. The van der Waals surface area contributed by atoms with Crippen LogP contribution >= 0.6 is 22.9 Å². The average Bonchev–Trinajstić information content (AvgIpc) is 3.50. The Morgan fingerprint density at radius 2 is 1.97 bits per heavy atom. The smallest absolute Gasteiger partial charge is 0.267 e. The second-order valence-corrected chi connectivity index (χ2v) is 10.5. The Bertz CT molecular complexity index is 1390. The van der Waals surface area contributed by atoms with Gasteiger partial charge in [-0.15, -0.1) is 11.3 Å². The van der Waals surface area contributed by atoms with Crippen molar-refractivity contribution >= 4 is 56.3 Å². The van der Waals surface area contributed by atoms with Crippen LogP contribution in [-0.4, -0.2) is 38.5 Å². The fourth-order valence-electron chi connectivity index (χ4n) is 3.64. The van der Waals surface area contributed by atoms with Gasteiger partial charge in [-0.25, -0.2) is 18.1 Å². The zero-order chi connectivity index (χ0) is 23.9. The molecule has 0 bridgehead atoms. The maximum Gasteiger partial charge on any atom is 0.267 e. The summed E-state index contributed by atoms with van der Waals surface area (Å²) in [5.74, 6) is -0.220. The Labute approximate surface area is 199 Å². The summed E-state index contributed by atoms with van der Waals surface area (Å²) in [6.45, 7) is 8.38. The van der Waals surface area contributed by atoms with Crippen molar-refractivity contribution in [2.45, 2.75) is 32.6 Å². The number of thiophene rings is 1. The second-order valence-electron chi connectivity index (χ2n) is 7.51. The van der Waals surface area contributed by atoms with Crippen LogP contribution in [0.2, 0.25) is 5.02 Å². The number of rotatable bonds is 6. The Balaban J connectivity index is 1.66. The molecule has 12 heteroatoms. The maximum atomic E-state index is 13.2. The summed E-state index contributed by atoms with van der Waals surface area (Å²) in [4.78, 5) is 17.4. The van der Waals surface area contributed by atoms with Gasteiger partial charge in [0.2, 0.25) is 5.90 Å². The predicted molar refractivity (Wildman–Crippen MR) is 127 cm³/mol. The minimum atomic E-state index is -4.15. The lowest BCUT2D eigenvalue weighted by Gasteiger charge is -2.18. The molecule has 3 aromatic rings. The lowest BCUT2D eigenvalue weighted by molar-refractivity contribution is 0.102. The van der Waals surface area contributed by atoms with Gasteiger partial charge in [-0.2, -0.15) is 0 Å². The molecule has 3 heterocycles. The van der Waals surface area contributed by atoms with Crippen LogP contribution in [0.25, 0.3) is 0 Å². The number of aryl methyl sites for hydroxylation is 3. The van der Waals surface area contributed by atoms with E-state index in [4.69, 9.17) is 20.9 Å². The minimum absolute atomic E-state index is 0.0187. The molecule has 1 amide bonds. The number of carbonyl (C=O) groups excluding carboxylic acids is 1. The number of amides is 1. The third-order valence-electron chi connectivity index (χ3n) is 5.15. The van der Waals surface area contributed by atoms with Gasteiger partial charge in [-0.05, 0) is 55.8 Å². The average molecular weight is 509 g/mol. The van der Waals surface area contributed by atoms with Gasteiger partial charge in [0.15, 0.2) is 0 Å². The van der Waals surface area contributed by atoms with E-state index >= 15 is 0 Å². The van der Waals surface area contributed by atoms with Gasteiger partial charge >= 0.3 is 0 Å². The van der Waals surface area contributed by atoms with E-state index in [0.29, 0.717) is 30.4 Å². The highest BCUT2D eigenvalue weighted by Crippen LogP contribution is 2.32. The molecule has 1 aliphatic heterocycles. The van der Waals surface area contributed by atoms with Crippen molar-refractivity contribution in [3.63, 3.8) is 0 Å². The summed E-state index contributed by atoms with van der Waals surface area (Å²) < 4.78 is 38.7. The van der Waals surface area contributed by atoms with E-state index in [2.05, 4.69) is 20.2 Å². The van der Waals surface area contributed by atoms with Crippen LogP contribution < -0.4 is 10.0 Å². The Morgan fingerprint density at radius 3 is 2.61 bits per heavy atom. The van der Waals surface area contributed by atoms with Crippen LogP contribution in [0, 0.1) is 27.7 Å². The van der Waals surface area contributed by atoms with Crippen LogP contribution in [0.4, 0.5) is 11.6 Å². The molecular weight excluding hydrogens is 488 g/mol. The van der Waals surface area contributed by atoms with Gasteiger partial charge in [0.25, 0.3) is 21.8 Å². The van der Waals surface area contributed by atoms with E-state index < -0.39 is 15.9 Å². The van der Waals surface area contributed by atoms with Crippen molar-refractivity contribution in [2.24, 2.45) is 4.99 Å². The van der Waals surface area contributed by atoms with Crippen molar-refractivity contribution in [1.29, 1.82) is 0 Å². The van der Waals surface area contributed by atoms with Gasteiger partial charge in [-0.3, -0.25) is 4.79 Å². The monoisotopic (exact) mass is 508 g/mol. The first-order valence-electron chi connectivity index (χ1n) is 9.92. The van der Waals surface area contributed by atoms with Crippen LogP contribution in [0.5, 0.6) is 0 Å². The third-order valence-corrected chi connectivity index (χ3v) is 8.01. The van der Waals surface area contributed by atoms with E-state index in [1.165, 1.54) is 11.4 Å². The highest BCUT2D eigenvalue weighted by molar-refractivity contribution is 7.93. The van der Waals surface area contributed by atoms with Crippen molar-refractivity contribution in [3.8, 4) is 0 Å². The van der Waals surface area contributed by atoms with Crippen LogP contribution in [0.15, 0.2) is 31.9 Å². The first-order valence-corrected chi connectivity index (χ1v) is 12.7. The Kier molecular flexibility index (Phi) is 6.21. The molecule has 2 aromatic heterocycles. The van der Waals surface area contributed by atoms with Crippen LogP contribution in [-0.2, 0) is 14.8 Å². The highest BCUT2D eigenvalue weighted by Gasteiger charge is 2.28. The molecule has 174 valence electrons. The summed E-state index contributed by atoms with van der Waals surface area (Å²) in [6.07, 6.45) is 0. The number of hydrogen-bond donors (Lipinski definition) is 2. The number of anilines is 2. The zero-order valence-corrected chi connectivity index (χ0v) is 20.7. The molecule has 2 N–H and O–H groups in total. The number of nitrogens with one attached hydrogen (secondary N) is 2. The van der Waals surface area contributed by atoms with Crippen molar-refractivity contribution in [1.82, 2.24) is 5.16 Å². The second kappa shape index (κ2) is 8.81. The molecule has 1 aliphatic rings. The van der Waals surface area contributed by atoms with Crippen molar-refractivity contribution < 1.29 is 22.5 Å². The maximum absolute atomic E-state index is 13.2. The number of nitrogens with zero attached hydrogens (tertiary/aromatic N) is 2. The third kappa shape index (κ3) is 4.35. The van der Waals surface area contributed by atoms with E-state index in [1.54, 1.807) is 6.92 Å². The van der Waals surface area contributed by atoms with Crippen molar-refractivity contribution in [3.05, 3.63) is 55.4 Å². The number of hydrogen-bond acceptors (Lipinski definition) is 8. The molecule has 0 saturated carbocycles. The largest absolute Gasteiger partial charge is 0.475 e. The standard InChI is InChI=1S/C21H21ClN4O5S2/c1-10-9-11(2)17(12(3)15(10)20-23-6-7-30-20)24-19(27)18-14(5-8-32-18)33(28,29)26-21-16(22)13(4)25-31-21/h5,8-9,26H,6-7H2,1-4H3,(H,24,27). The number of aromatic nitrogens is 1. The van der Waals surface area contributed by atoms with Crippen molar-refractivity contribution in [2.75, 3.05) is 23.2 Å². The number of sulfonamides is 1. The molecule has 1 aromatic carbocycles. The van der Waals surface area contributed by atoms with E-state index in [1.807, 2.05) is 26.8 Å². The molecule has 0 radical (unpaired) electrons. The fraction of sp³-hybridized carbons (Fsp3) is 0.286. The molecular formula is C21H21ClN4O5S2. The summed E-state index contributed by atoms with van der Waals surface area (Å²) in [7, 11) is -4.15. The first-order chi connectivity index (χ1) is 15.6. The molecule has 0 saturated heterocycles. The topological polar surface area (TPSA) is 123 Å². The SMILES string of the molecule is Cc1cc(C)c(C2=NCCO2)c(C)c1NC(=O)c1sccc1S(=O)(=O)Nc1onc(C)c1Cl. The number of carbonyl (C=O) groups is 1. The molecule has 0 atom stereocenters. The Hall–Kier alpha value is -2.89. The number of benzene rings is 1. The fourth-order valence-corrected chi connectivity index (χ4v) is 6.13. The van der Waals surface area contributed by atoms with Gasteiger partial charge < -0.3 is 14.6 Å². The number of ether oxygens (including phenoxy) is 1. The minimum Gasteiger partial charge on any atom is -0.475 e. The van der Waals surface area contributed by atoms with E-state index in [9.17, 15) is 13.2 Å². The van der Waals surface area contributed by atoms with Gasteiger partial charge in [0.05, 0.1) is 6.54 Å². The van der Waals surface area contributed by atoms with Gasteiger partial charge in [-0.1, -0.05) is 22.8 Å². The summed E-state index contributed by atoms with van der Waals surface area (Å²) in [5.41, 5.74) is 4.36. The molecule has 0 spiro atoms. The van der Waals surface area contributed by atoms with E-state index in [0.717, 1.165) is 33.6 Å². The van der Waals surface area contributed by atoms with Crippen LogP contribution in [0.3, 0.4) is 0 Å². The summed E-state index contributed by atoms with van der Waals surface area (Å²) >= 11 is 7.03.